The number of aryl methyl sites for hydroxylation is 1. The number of pyridine rings is 1. The molecule has 1 aromatic carbocycles. The van der Waals surface area contributed by atoms with Crippen LogP contribution in [-0.4, -0.2) is 38.8 Å². The Balaban J connectivity index is 1.56. The van der Waals surface area contributed by atoms with E-state index in [4.69, 9.17) is 4.74 Å². The molecule has 0 radical (unpaired) electrons. The van der Waals surface area contributed by atoms with E-state index in [1.54, 1.807) is 36.9 Å². The predicted octanol–water partition coefficient (Wildman–Crippen LogP) is 3.99. The number of nitrogens with zero attached hydrogens (tertiary/aromatic N) is 4. The Hall–Kier alpha value is -3.28. The smallest absolute Gasteiger partial charge is 0.253 e. The number of ether oxygens (including phenoxy) is 1. The summed E-state index contributed by atoms with van der Waals surface area (Å²) in [4.78, 5) is 27.7. The Morgan fingerprint density at radius 1 is 1.07 bits per heavy atom. The molecular weight excluding hydrogens is 352 g/mol. The zero-order valence-corrected chi connectivity index (χ0v) is 15.8. The Bertz CT molecular complexity index is 962. The first-order chi connectivity index (χ1) is 13.7. The lowest BCUT2D eigenvalue weighted by Gasteiger charge is -2.32. The summed E-state index contributed by atoms with van der Waals surface area (Å²) in [7, 11) is 0. The fraction of sp³-hybridized carbons (Fsp3) is 0.273. The van der Waals surface area contributed by atoms with Crippen LogP contribution in [0, 0.1) is 6.92 Å². The van der Waals surface area contributed by atoms with Crippen LogP contribution in [0.15, 0.2) is 61.2 Å². The van der Waals surface area contributed by atoms with Crippen molar-refractivity contribution >= 4 is 5.91 Å². The number of likely N-dealkylation sites (tertiary alicyclic amines) is 1. The van der Waals surface area contributed by atoms with Crippen LogP contribution in [0.4, 0.5) is 0 Å². The van der Waals surface area contributed by atoms with Gasteiger partial charge < -0.3 is 9.64 Å². The zero-order valence-electron chi connectivity index (χ0n) is 15.8. The number of aromatic nitrogens is 3. The van der Waals surface area contributed by atoms with E-state index in [2.05, 4.69) is 15.0 Å². The number of amides is 1. The zero-order chi connectivity index (χ0) is 19.3. The van der Waals surface area contributed by atoms with Gasteiger partial charge in [0.2, 0.25) is 5.88 Å². The Morgan fingerprint density at radius 3 is 2.68 bits per heavy atom. The molecule has 28 heavy (non-hydrogen) atoms. The highest BCUT2D eigenvalue weighted by molar-refractivity contribution is 5.94. The molecular formula is C22H22N4O2. The Labute approximate surface area is 164 Å². The van der Waals surface area contributed by atoms with E-state index in [0.717, 1.165) is 36.4 Å². The summed E-state index contributed by atoms with van der Waals surface area (Å²) in [5.74, 6) is 1.40. The van der Waals surface area contributed by atoms with Crippen molar-refractivity contribution in [2.24, 2.45) is 0 Å². The number of hydrogen-bond acceptors (Lipinski definition) is 5. The number of rotatable bonds is 4. The van der Waals surface area contributed by atoms with Gasteiger partial charge in [0.25, 0.3) is 5.91 Å². The van der Waals surface area contributed by atoms with E-state index in [9.17, 15) is 4.79 Å². The summed E-state index contributed by atoms with van der Waals surface area (Å²) in [5, 5.41) is 0. The van der Waals surface area contributed by atoms with Crippen LogP contribution in [0.5, 0.6) is 11.6 Å². The fourth-order valence-corrected chi connectivity index (χ4v) is 3.53. The molecule has 142 valence electrons. The first-order valence-electron chi connectivity index (χ1n) is 9.46. The molecule has 6 heteroatoms. The number of benzene rings is 1. The molecule has 1 atom stereocenters. The minimum absolute atomic E-state index is 0.0253. The monoisotopic (exact) mass is 374 g/mol. The lowest BCUT2D eigenvalue weighted by molar-refractivity contribution is 0.0704. The molecule has 0 spiro atoms. The van der Waals surface area contributed by atoms with Crippen molar-refractivity contribution in [2.45, 2.75) is 25.7 Å². The number of carbonyl (C=O) groups is 1. The molecule has 1 saturated heterocycles. The van der Waals surface area contributed by atoms with Crippen LogP contribution in [-0.2, 0) is 0 Å². The molecule has 2 aromatic heterocycles. The van der Waals surface area contributed by atoms with E-state index in [1.807, 2.05) is 36.1 Å². The van der Waals surface area contributed by atoms with E-state index < -0.39 is 0 Å². The van der Waals surface area contributed by atoms with Gasteiger partial charge in [-0.3, -0.25) is 14.8 Å². The van der Waals surface area contributed by atoms with E-state index in [-0.39, 0.29) is 11.8 Å². The third-order valence-corrected chi connectivity index (χ3v) is 5.01. The van der Waals surface area contributed by atoms with Crippen LogP contribution in [0.3, 0.4) is 0 Å². The molecule has 0 bridgehead atoms. The van der Waals surface area contributed by atoms with Crippen LogP contribution in [0.2, 0.25) is 0 Å². The standard InChI is InChI=1S/C22H22N4O2/c1-16-5-2-3-7-19(16)28-21-20(24-12-13-25-21)18-6-4-14-26(15-18)22(27)17-8-10-23-11-9-17/h2-3,5,7-13,18H,4,6,14-15H2,1H3. The number of hydrogen-bond donors (Lipinski definition) is 0. The van der Waals surface area contributed by atoms with Gasteiger partial charge in [-0.15, -0.1) is 0 Å². The summed E-state index contributed by atoms with van der Waals surface area (Å²) in [6.45, 7) is 3.34. The summed E-state index contributed by atoms with van der Waals surface area (Å²) in [6.07, 6.45) is 8.48. The van der Waals surface area contributed by atoms with Gasteiger partial charge in [-0.25, -0.2) is 4.98 Å². The van der Waals surface area contributed by atoms with E-state index in [1.165, 1.54) is 0 Å². The van der Waals surface area contributed by atoms with Crippen molar-refractivity contribution in [3.05, 3.63) is 78.0 Å². The van der Waals surface area contributed by atoms with Crippen molar-refractivity contribution in [2.75, 3.05) is 13.1 Å². The van der Waals surface area contributed by atoms with Gasteiger partial charge in [0.15, 0.2) is 0 Å². The number of carbonyl (C=O) groups excluding carboxylic acids is 1. The van der Waals surface area contributed by atoms with Crippen molar-refractivity contribution < 1.29 is 9.53 Å². The SMILES string of the molecule is Cc1ccccc1Oc1nccnc1C1CCCN(C(=O)c2ccncc2)C1. The van der Waals surface area contributed by atoms with Crippen LogP contribution < -0.4 is 4.74 Å². The first-order valence-corrected chi connectivity index (χ1v) is 9.46. The van der Waals surface area contributed by atoms with E-state index in [0.29, 0.717) is 18.0 Å². The van der Waals surface area contributed by atoms with Gasteiger partial charge >= 0.3 is 0 Å². The largest absolute Gasteiger partial charge is 0.437 e. The third-order valence-electron chi connectivity index (χ3n) is 5.01. The van der Waals surface area contributed by atoms with Crippen molar-refractivity contribution in [3.8, 4) is 11.6 Å². The second-order valence-corrected chi connectivity index (χ2v) is 6.94. The Kier molecular flexibility index (Phi) is 5.28. The third kappa shape index (κ3) is 3.86. The highest BCUT2D eigenvalue weighted by atomic mass is 16.5. The number of para-hydroxylation sites is 1. The van der Waals surface area contributed by atoms with Crippen LogP contribution >= 0.6 is 0 Å². The molecule has 3 aromatic rings. The van der Waals surface area contributed by atoms with Crippen LogP contribution in [0.1, 0.15) is 40.4 Å². The second kappa shape index (κ2) is 8.17. The lowest BCUT2D eigenvalue weighted by atomic mass is 9.94. The molecule has 1 aliphatic rings. The van der Waals surface area contributed by atoms with Crippen LogP contribution in [0.25, 0.3) is 0 Å². The van der Waals surface area contributed by atoms with E-state index >= 15 is 0 Å². The lowest BCUT2D eigenvalue weighted by Crippen LogP contribution is -2.39. The summed E-state index contributed by atoms with van der Waals surface area (Å²) in [5.41, 5.74) is 2.50. The van der Waals surface area contributed by atoms with Gasteiger partial charge in [-0.2, -0.15) is 0 Å². The summed E-state index contributed by atoms with van der Waals surface area (Å²) in [6, 6.07) is 11.3. The maximum absolute atomic E-state index is 12.8. The molecule has 1 unspecified atom stereocenters. The number of piperidine rings is 1. The molecule has 0 N–H and O–H groups in total. The van der Waals surface area contributed by atoms with Gasteiger partial charge in [0, 0.05) is 49.4 Å². The highest BCUT2D eigenvalue weighted by Gasteiger charge is 2.29. The second-order valence-electron chi connectivity index (χ2n) is 6.94. The Morgan fingerprint density at radius 2 is 1.86 bits per heavy atom. The minimum atomic E-state index is 0.0253. The maximum Gasteiger partial charge on any atom is 0.253 e. The molecule has 0 saturated carbocycles. The van der Waals surface area contributed by atoms with Crippen molar-refractivity contribution in [1.29, 1.82) is 0 Å². The van der Waals surface area contributed by atoms with Gasteiger partial charge in [0.1, 0.15) is 11.4 Å². The fourth-order valence-electron chi connectivity index (χ4n) is 3.53. The average Bonchev–Trinajstić information content (AvgIpc) is 2.76. The molecule has 6 nitrogen and oxygen atoms in total. The molecule has 4 rings (SSSR count). The average molecular weight is 374 g/mol. The summed E-state index contributed by atoms with van der Waals surface area (Å²) >= 11 is 0. The van der Waals surface area contributed by atoms with Gasteiger partial charge in [-0.05, 0) is 43.5 Å². The molecule has 1 fully saturated rings. The topological polar surface area (TPSA) is 68.2 Å². The highest BCUT2D eigenvalue weighted by Crippen LogP contribution is 2.33. The molecule has 0 aliphatic carbocycles. The quantitative estimate of drug-likeness (QED) is 0.691. The maximum atomic E-state index is 12.8. The van der Waals surface area contributed by atoms with Gasteiger partial charge in [0.05, 0.1) is 0 Å². The molecule has 3 heterocycles. The molecule has 1 amide bonds. The molecule has 1 aliphatic heterocycles. The van der Waals surface area contributed by atoms with Crippen molar-refractivity contribution in [3.63, 3.8) is 0 Å². The first kappa shape index (κ1) is 18.1. The predicted molar refractivity (Wildman–Crippen MR) is 105 cm³/mol. The summed E-state index contributed by atoms with van der Waals surface area (Å²) < 4.78 is 6.09. The minimum Gasteiger partial charge on any atom is -0.437 e. The van der Waals surface area contributed by atoms with Crippen molar-refractivity contribution in [1.82, 2.24) is 19.9 Å². The van der Waals surface area contributed by atoms with Gasteiger partial charge in [-0.1, -0.05) is 18.2 Å². The normalized spacial score (nSPS) is 16.6.